The number of fused-ring (bicyclic) bond motifs is 9. The molecule has 6 nitrogen and oxygen atoms in total. The quantitative estimate of drug-likeness (QED) is 0.160. The van der Waals surface area contributed by atoms with Gasteiger partial charge in [-0.25, -0.2) is 15.0 Å². The van der Waals surface area contributed by atoms with E-state index in [4.69, 9.17) is 15.0 Å². The Bertz CT molecular complexity index is 4130. The monoisotopic (exact) mass is 880 g/mol. The van der Waals surface area contributed by atoms with Crippen molar-refractivity contribution in [3.63, 3.8) is 0 Å². The lowest BCUT2D eigenvalue weighted by Gasteiger charge is -2.16. The van der Waals surface area contributed by atoms with Crippen LogP contribution in [-0.2, 0) is 0 Å². The minimum atomic E-state index is 0.608. The van der Waals surface area contributed by atoms with Gasteiger partial charge in [0.05, 0.1) is 38.8 Å². The molecule has 0 atom stereocenters. The second-order valence-corrected chi connectivity index (χ2v) is 17.6. The highest BCUT2D eigenvalue weighted by atomic mass is 15.0. The van der Waals surface area contributed by atoms with Crippen molar-refractivity contribution in [2.24, 2.45) is 0 Å². The van der Waals surface area contributed by atoms with Gasteiger partial charge in [0.1, 0.15) is 0 Å². The minimum Gasteiger partial charge on any atom is -0.309 e. The Morgan fingerprint density at radius 1 is 0.232 bits per heavy atom. The molecule has 0 radical (unpaired) electrons. The third-order valence-corrected chi connectivity index (χ3v) is 13.7. The molecule has 6 heteroatoms. The molecule has 4 heterocycles. The number of hydrogen-bond donors (Lipinski definition) is 0. The zero-order valence-electron chi connectivity index (χ0n) is 37.3. The standard InChI is InChI=1S/C63H40N6/c1-4-18-41(19-5-1)61-64-62(42-20-6-2-7-21-42)66-63(65-61)44-33-37-58(69-56-30-16-12-26-49(56)50-27-13-17-31-57(50)69)52(39-44)43-32-36-59-53(38-43)51-35-34-46(40-60(51)67(59)45-22-8-3-9-23-45)68-54-28-14-10-24-47(54)48-25-11-15-29-55(48)68/h1-40H. The van der Waals surface area contributed by atoms with Crippen LogP contribution in [0.4, 0.5) is 0 Å². The van der Waals surface area contributed by atoms with Crippen LogP contribution in [-0.4, -0.2) is 28.7 Å². The Hall–Kier alpha value is -9.39. The van der Waals surface area contributed by atoms with Gasteiger partial charge < -0.3 is 13.7 Å². The summed E-state index contributed by atoms with van der Waals surface area (Å²) in [5.74, 6) is 1.86. The van der Waals surface area contributed by atoms with E-state index in [0.717, 1.165) is 72.3 Å². The van der Waals surface area contributed by atoms with Crippen molar-refractivity contribution in [2.45, 2.75) is 0 Å². The molecule has 322 valence electrons. The molecule has 0 fully saturated rings. The van der Waals surface area contributed by atoms with E-state index in [2.05, 4.69) is 220 Å². The molecule has 0 unspecified atom stereocenters. The van der Waals surface area contributed by atoms with Gasteiger partial charge >= 0.3 is 0 Å². The predicted molar refractivity (Wildman–Crippen MR) is 285 cm³/mol. The Balaban J connectivity index is 1.03. The lowest BCUT2D eigenvalue weighted by Crippen LogP contribution is -2.02. The fourth-order valence-electron chi connectivity index (χ4n) is 10.6. The molecular formula is C63H40N6. The van der Waals surface area contributed by atoms with Gasteiger partial charge in [-0.3, -0.25) is 0 Å². The van der Waals surface area contributed by atoms with Crippen molar-refractivity contribution in [3.05, 3.63) is 243 Å². The number of aromatic nitrogens is 6. The van der Waals surface area contributed by atoms with Crippen molar-refractivity contribution in [2.75, 3.05) is 0 Å². The van der Waals surface area contributed by atoms with Gasteiger partial charge in [0.25, 0.3) is 0 Å². The molecule has 4 aromatic heterocycles. The van der Waals surface area contributed by atoms with E-state index in [9.17, 15) is 0 Å². The lowest BCUT2D eigenvalue weighted by molar-refractivity contribution is 1.07. The smallest absolute Gasteiger partial charge is 0.164 e. The molecule has 0 aliphatic carbocycles. The van der Waals surface area contributed by atoms with Gasteiger partial charge in [0.2, 0.25) is 0 Å². The summed E-state index contributed by atoms with van der Waals surface area (Å²) in [6.07, 6.45) is 0. The summed E-state index contributed by atoms with van der Waals surface area (Å²) in [5.41, 5.74) is 15.1. The van der Waals surface area contributed by atoms with Gasteiger partial charge in [-0.2, -0.15) is 0 Å². The Morgan fingerprint density at radius 2 is 0.652 bits per heavy atom. The number of rotatable bonds is 7. The fourth-order valence-corrected chi connectivity index (χ4v) is 10.6. The Morgan fingerprint density at radius 3 is 1.20 bits per heavy atom. The first-order chi connectivity index (χ1) is 34.2. The van der Waals surface area contributed by atoms with E-state index in [1.807, 2.05) is 36.4 Å². The lowest BCUT2D eigenvalue weighted by atomic mass is 9.98. The van der Waals surface area contributed by atoms with E-state index in [-0.39, 0.29) is 0 Å². The Labute approximate surface area is 397 Å². The summed E-state index contributed by atoms with van der Waals surface area (Å²) < 4.78 is 7.23. The van der Waals surface area contributed by atoms with Crippen LogP contribution in [0.5, 0.6) is 0 Å². The molecule has 69 heavy (non-hydrogen) atoms. The van der Waals surface area contributed by atoms with E-state index < -0.39 is 0 Å². The maximum Gasteiger partial charge on any atom is 0.164 e. The summed E-state index contributed by atoms with van der Waals surface area (Å²) in [6, 6.07) is 86.5. The van der Waals surface area contributed by atoms with Gasteiger partial charge in [-0.05, 0) is 84.4 Å². The molecule has 14 rings (SSSR count). The van der Waals surface area contributed by atoms with E-state index in [1.54, 1.807) is 0 Å². The molecule has 0 bridgehead atoms. The summed E-state index contributed by atoms with van der Waals surface area (Å²) >= 11 is 0. The van der Waals surface area contributed by atoms with E-state index >= 15 is 0 Å². The first-order valence-corrected chi connectivity index (χ1v) is 23.4. The zero-order valence-corrected chi connectivity index (χ0v) is 37.3. The predicted octanol–water partition coefficient (Wildman–Crippen LogP) is 15.8. The highest BCUT2D eigenvalue weighted by Crippen LogP contribution is 2.42. The van der Waals surface area contributed by atoms with Crippen LogP contribution in [0.1, 0.15) is 0 Å². The zero-order chi connectivity index (χ0) is 45.4. The summed E-state index contributed by atoms with van der Waals surface area (Å²) in [5, 5.41) is 7.24. The minimum absolute atomic E-state index is 0.608. The average molecular weight is 881 g/mol. The van der Waals surface area contributed by atoms with Crippen LogP contribution in [0, 0.1) is 0 Å². The molecule has 0 N–H and O–H groups in total. The highest BCUT2D eigenvalue weighted by Gasteiger charge is 2.22. The molecular weight excluding hydrogens is 841 g/mol. The van der Waals surface area contributed by atoms with Gasteiger partial charge in [-0.15, -0.1) is 0 Å². The van der Waals surface area contributed by atoms with E-state index in [0.29, 0.717) is 17.5 Å². The molecule has 0 spiro atoms. The van der Waals surface area contributed by atoms with E-state index in [1.165, 1.54) is 38.0 Å². The third kappa shape index (κ3) is 6.23. The van der Waals surface area contributed by atoms with Crippen LogP contribution in [0.15, 0.2) is 243 Å². The van der Waals surface area contributed by atoms with Crippen molar-refractivity contribution in [3.8, 4) is 62.4 Å². The molecule has 0 saturated heterocycles. The fraction of sp³-hybridized carbons (Fsp3) is 0. The maximum atomic E-state index is 5.19. The Kier molecular flexibility index (Phi) is 8.79. The van der Waals surface area contributed by atoms with Crippen LogP contribution < -0.4 is 0 Å². The second kappa shape index (κ2) is 15.6. The summed E-state index contributed by atoms with van der Waals surface area (Å²) in [4.78, 5) is 15.4. The normalized spacial score (nSPS) is 11.8. The maximum absolute atomic E-state index is 5.19. The molecule has 0 aliphatic rings. The van der Waals surface area contributed by atoms with Crippen LogP contribution in [0.2, 0.25) is 0 Å². The number of nitrogens with zero attached hydrogens (tertiary/aromatic N) is 6. The number of benzene rings is 10. The molecule has 0 aliphatic heterocycles. The van der Waals surface area contributed by atoms with Crippen LogP contribution in [0.25, 0.3) is 128 Å². The SMILES string of the molecule is c1ccc(-c2nc(-c3ccccc3)nc(-c3ccc(-n4c5ccccc5c5ccccc54)c(-c4ccc5c(c4)c4ccc(-n6c7ccccc7c7ccccc76)cc4n5-c4ccccc4)c3)n2)cc1. The largest absolute Gasteiger partial charge is 0.309 e. The molecule has 14 aromatic rings. The average Bonchev–Trinajstić information content (AvgIpc) is 4.06. The molecule has 0 amide bonds. The van der Waals surface area contributed by atoms with Crippen molar-refractivity contribution in [1.29, 1.82) is 0 Å². The topological polar surface area (TPSA) is 53.5 Å². The van der Waals surface area contributed by atoms with Crippen molar-refractivity contribution in [1.82, 2.24) is 28.7 Å². The van der Waals surface area contributed by atoms with Gasteiger partial charge in [-0.1, -0.05) is 164 Å². The number of hydrogen-bond acceptors (Lipinski definition) is 3. The van der Waals surface area contributed by atoms with Crippen LogP contribution >= 0.6 is 0 Å². The van der Waals surface area contributed by atoms with Crippen molar-refractivity contribution < 1.29 is 0 Å². The summed E-state index contributed by atoms with van der Waals surface area (Å²) in [6.45, 7) is 0. The molecule has 0 saturated carbocycles. The first-order valence-electron chi connectivity index (χ1n) is 23.4. The van der Waals surface area contributed by atoms with Crippen LogP contribution in [0.3, 0.4) is 0 Å². The second-order valence-electron chi connectivity index (χ2n) is 17.6. The third-order valence-electron chi connectivity index (χ3n) is 13.7. The highest BCUT2D eigenvalue weighted by molar-refractivity contribution is 6.14. The summed E-state index contributed by atoms with van der Waals surface area (Å²) in [7, 11) is 0. The van der Waals surface area contributed by atoms with Gasteiger partial charge in [0, 0.05) is 65.9 Å². The van der Waals surface area contributed by atoms with Gasteiger partial charge in [0.15, 0.2) is 17.5 Å². The number of para-hydroxylation sites is 5. The first kappa shape index (κ1) is 38.8. The molecule has 10 aromatic carbocycles. The van der Waals surface area contributed by atoms with Crippen molar-refractivity contribution >= 4 is 65.4 Å².